The molecular formula is C13H24N4O2. The van der Waals surface area contributed by atoms with E-state index in [1.165, 1.54) is 0 Å². The number of amides is 1. The molecule has 0 radical (unpaired) electrons. The van der Waals surface area contributed by atoms with Gasteiger partial charge in [0.05, 0.1) is 5.69 Å². The molecule has 0 fully saturated rings. The molecule has 2 N–H and O–H groups in total. The zero-order valence-corrected chi connectivity index (χ0v) is 12.4. The monoisotopic (exact) mass is 268 g/mol. The molecule has 0 bridgehead atoms. The molecule has 6 heteroatoms. The third-order valence-corrected chi connectivity index (χ3v) is 2.59. The van der Waals surface area contributed by atoms with E-state index in [2.05, 4.69) is 15.5 Å². The van der Waals surface area contributed by atoms with Crippen LogP contribution in [0.1, 0.15) is 39.4 Å². The number of hydrogen-bond donors (Lipinski definition) is 2. The van der Waals surface area contributed by atoms with Crippen molar-refractivity contribution >= 4 is 6.09 Å². The zero-order chi connectivity index (χ0) is 14.5. The fourth-order valence-electron chi connectivity index (χ4n) is 1.50. The Morgan fingerprint density at radius 3 is 2.79 bits per heavy atom. The van der Waals surface area contributed by atoms with Crippen molar-refractivity contribution in [2.75, 3.05) is 20.1 Å². The summed E-state index contributed by atoms with van der Waals surface area (Å²) in [6.45, 7) is 8.90. The lowest BCUT2D eigenvalue weighted by atomic mass is 10.2. The number of aromatic nitrogens is 2. The maximum absolute atomic E-state index is 11.7. The number of aromatic amines is 1. The molecule has 0 aromatic carbocycles. The summed E-state index contributed by atoms with van der Waals surface area (Å²) in [5.74, 6) is 0. The van der Waals surface area contributed by atoms with Crippen molar-refractivity contribution in [3.05, 3.63) is 18.0 Å². The van der Waals surface area contributed by atoms with Gasteiger partial charge in [0.2, 0.25) is 0 Å². The number of nitrogens with zero attached hydrogens (tertiary/aromatic N) is 2. The molecule has 19 heavy (non-hydrogen) atoms. The fraction of sp³-hybridized carbons (Fsp3) is 0.692. The van der Waals surface area contributed by atoms with Gasteiger partial charge in [0.25, 0.3) is 0 Å². The summed E-state index contributed by atoms with van der Waals surface area (Å²) < 4.78 is 5.27. The van der Waals surface area contributed by atoms with Crippen LogP contribution in [0.3, 0.4) is 0 Å². The minimum absolute atomic E-state index is 0.175. The van der Waals surface area contributed by atoms with Crippen LogP contribution in [-0.2, 0) is 4.74 Å². The van der Waals surface area contributed by atoms with Gasteiger partial charge in [-0.1, -0.05) is 0 Å². The molecule has 1 atom stereocenters. The number of ether oxygens (including phenoxy) is 1. The molecule has 0 aliphatic heterocycles. The number of rotatable bonds is 5. The molecule has 1 aromatic heterocycles. The van der Waals surface area contributed by atoms with Gasteiger partial charge in [0.1, 0.15) is 5.60 Å². The number of H-pyrrole nitrogens is 1. The van der Waals surface area contributed by atoms with Gasteiger partial charge in [-0.05, 0) is 33.8 Å². The van der Waals surface area contributed by atoms with E-state index in [1.807, 2.05) is 33.8 Å². The first-order valence-corrected chi connectivity index (χ1v) is 6.46. The molecule has 6 nitrogen and oxygen atoms in total. The highest BCUT2D eigenvalue weighted by Crippen LogP contribution is 2.09. The average Bonchev–Trinajstić information content (AvgIpc) is 2.79. The smallest absolute Gasteiger partial charge is 0.410 e. The van der Waals surface area contributed by atoms with Crippen molar-refractivity contribution in [1.82, 2.24) is 20.4 Å². The van der Waals surface area contributed by atoms with Crippen molar-refractivity contribution < 1.29 is 9.53 Å². The number of likely N-dealkylation sites (N-methyl/N-ethyl adjacent to an activating group) is 1. The van der Waals surface area contributed by atoms with Crippen molar-refractivity contribution in [1.29, 1.82) is 0 Å². The van der Waals surface area contributed by atoms with Crippen molar-refractivity contribution in [3.8, 4) is 0 Å². The van der Waals surface area contributed by atoms with Gasteiger partial charge in [0, 0.05) is 32.4 Å². The molecule has 0 saturated carbocycles. The van der Waals surface area contributed by atoms with E-state index in [0.29, 0.717) is 13.1 Å². The Kier molecular flexibility index (Phi) is 5.35. The van der Waals surface area contributed by atoms with Gasteiger partial charge in [-0.25, -0.2) is 4.79 Å². The Morgan fingerprint density at radius 1 is 1.58 bits per heavy atom. The Balaban J connectivity index is 2.27. The standard InChI is InChI=1S/C13H24N4O2/c1-10(11-6-7-15-16-11)14-8-9-17(5)12(18)19-13(2,3)4/h6-7,10,14H,8-9H2,1-5H3,(H,15,16). The molecule has 1 aromatic rings. The highest BCUT2D eigenvalue weighted by Gasteiger charge is 2.19. The number of nitrogens with one attached hydrogen (secondary N) is 2. The highest BCUT2D eigenvalue weighted by molar-refractivity contribution is 5.67. The second kappa shape index (κ2) is 6.56. The first-order valence-electron chi connectivity index (χ1n) is 6.46. The highest BCUT2D eigenvalue weighted by atomic mass is 16.6. The molecule has 1 amide bonds. The minimum atomic E-state index is -0.456. The first-order chi connectivity index (χ1) is 8.79. The molecule has 0 aliphatic rings. The molecule has 0 spiro atoms. The Morgan fingerprint density at radius 2 is 2.26 bits per heavy atom. The summed E-state index contributed by atoms with van der Waals surface area (Å²) in [6, 6.07) is 2.10. The van der Waals surface area contributed by atoms with Crippen LogP contribution in [0.5, 0.6) is 0 Å². The molecule has 1 unspecified atom stereocenters. The number of carbonyl (C=O) groups is 1. The summed E-state index contributed by atoms with van der Waals surface area (Å²) >= 11 is 0. The van der Waals surface area contributed by atoms with E-state index in [-0.39, 0.29) is 12.1 Å². The summed E-state index contributed by atoms with van der Waals surface area (Å²) in [5.41, 5.74) is 0.571. The summed E-state index contributed by atoms with van der Waals surface area (Å²) in [7, 11) is 1.73. The fourth-order valence-corrected chi connectivity index (χ4v) is 1.50. The second-order valence-electron chi connectivity index (χ2n) is 5.59. The first kappa shape index (κ1) is 15.5. The normalized spacial score (nSPS) is 13.1. The van der Waals surface area contributed by atoms with Crippen LogP contribution in [0.15, 0.2) is 12.3 Å². The van der Waals surface area contributed by atoms with Crippen LogP contribution < -0.4 is 5.32 Å². The molecule has 1 rings (SSSR count). The van der Waals surface area contributed by atoms with Gasteiger partial charge >= 0.3 is 6.09 Å². The van der Waals surface area contributed by atoms with Crippen molar-refractivity contribution in [2.24, 2.45) is 0 Å². The third-order valence-electron chi connectivity index (χ3n) is 2.59. The van der Waals surface area contributed by atoms with Gasteiger partial charge in [-0.2, -0.15) is 5.10 Å². The van der Waals surface area contributed by atoms with Gasteiger partial charge in [0.15, 0.2) is 0 Å². The maximum Gasteiger partial charge on any atom is 0.410 e. The van der Waals surface area contributed by atoms with Crippen LogP contribution in [-0.4, -0.2) is 46.9 Å². The van der Waals surface area contributed by atoms with E-state index in [9.17, 15) is 4.79 Å². The third kappa shape index (κ3) is 5.74. The van der Waals surface area contributed by atoms with Crippen LogP contribution in [0.25, 0.3) is 0 Å². The SMILES string of the molecule is CC(NCCN(C)C(=O)OC(C)(C)C)c1ccn[nH]1. The van der Waals surface area contributed by atoms with E-state index in [0.717, 1.165) is 5.69 Å². The predicted octanol–water partition coefficient (Wildman–Crippen LogP) is 1.93. The summed E-state index contributed by atoms with van der Waals surface area (Å²) in [5, 5.41) is 10.1. The van der Waals surface area contributed by atoms with Crippen LogP contribution in [0, 0.1) is 0 Å². The average molecular weight is 268 g/mol. The largest absolute Gasteiger partial charge is 0.444 e. The van der Waals surface area contributed by atoms with Crippen LogP contribution >= 0.6 is 0 Å². The quantitative estimate of drug-likeness (QED) is 0.856. The van der Waals surface area contributed by atoms with Gasteiger partial charge in [-0.15, -0.1) is 0 Å². The van der Waals surface area contributed by atoms with E-state index in [4.69, 9.17) is 4.74 Å². The Labute approximate surface area is 114 Å². The molecule has 108 valence electrons. The Bertz CT molecular complexity index is 384. The van der Waals surface area contributed by atoms with Crippen molar-refractivity contribution in [2.45, 2.75) is 39.3 Å². The van der Waals surface area contributed by atoms with E-state index >= 15 is 0 Å². The summed E-state index contributed by atoms with van der Waals surface area (Å²) in [6.07, 6.45) is 1.42. The maximum atomic E-state index is 11.7. The summed E-state index contributed by atoms with van der Waals surface area (Å²) in [4.78, 5) is 13.3. The zero-order valence-electron chi connectivity index (χ0n) is 12.4. The van der Waals surface area contributed by atoms with Gasteiger partial charge in [-0.3, -0.25) is 5.10 Å². The molecule has 0 aliphatic carbocycles. The van der Waals surface area contributed by atoms with Crippen LogP contribution in [0.4, 0.5) is 4.79 Å². The molecule has 0 saturated heterocycles. The lowest BCUT2D eigenvalue weighted by Crippen LogP contribution is -2.38. The lowest BCUT2D eigenvalue weighted by molar-refractivity contribution is 0.0299. The predicted molar refractivity (Wildman–Crippen MR) is 73.9 cm³/mol. The van der Waals surface area contributed by atoms with E-state index in [1.54, 1.807) is 18.1 Å². The molecule has 1 heterocycles. The number of hydrogen-bond acceptors (Lipinski definition) is 4. The minimum Gasteiger partial charge on any atom is -0.444 e. The lowest BCUT2D eigenvalue weighted by Gasteiger charge is -2.25. The van der Waals surface area contributed by atoms with Crippen molar-refractivity contribution in [3.63, 3.8) is 0 Å². The second-order valence-corrected chi connectivity index (χ2v) is 5.59. The van der Waals surface area contributed by atoms with E-state index < -0.39 is 5.60 Å². The molecular weight excluding hydrogens is 244 g/mol. The topological polar surface area (TPSA) is 70.2 Å². The number of carbonyl (C=O) groups excluding carboxylic acids is 1. The van der Waals surface area contributed by atoms with Gasteiger partial charge < -0.3 is 15.0 Å². The Hall–Kier alpha value is -1.56. The van der Waals surface area contributed by atoms with Crippen LogP contribution in [0.2, 0.25) is 0 Å².